The molecule has 3 aromatic heterocycles. The molecule has 0 radical (unpaired) electrons. The summed E-state index contributed by atoms with van der Waals surface area (Å²) in [5.41, 5.74) is 7.57. The minimum Gasteiger partial charge on any atom is -0.383 e. The molecule has 1 unspecified atom stereocenters. The monoisotopic (exact) mass is 609 g/mol. The van der Waals surface area contributed by atoms with E-state index in [0.29, 0.717) is 12.4 Å². The Balaban J connectivity index is 1.14. The molecule has 1 atom stereocenters. The topological polar surface area (TPSA) is 125 Å². The van der Waals surface area contributed by atoms with Gasteiger partial charge in [0, 0.05) is 103 Å². The number of anilines is 2. The maximum Gasteiger partial charge on any atom is 0.228 e. The molecule has 0 spiro atoms. The molecule has 12 nitrogen and oxygen atoms in total. The number of ether oxygens (including phenoxy) is 1. The maximum atomic E-state index is 7.83. The second-order valence-electron chi connectivity index (χ2n) is 11.7. The molecule has 0 amide bonds. The first-order valence-electron chi connectivity index (χ1n) is 15.7. The highest BCUT2D eigenvalue weighted by Gasteiger charge is 2.26. The highest BCUT2D eigenvalue weighted by molar-refractivity contribution is 5.89. The van der Waals surface area contributed by atoms with Crippen molar-refractivity contribution in [3.63, 3.8) is 0 Å². The van der Waals surface area contributed by atoms with Crippen LogP contribution in [0.4, 0.5) is 11.8 Å². The Hall–Kier alpha value is -4.26. The van der Waals surface area contributed by atoms with Crippen LogP contribution in [0.15, 0.2) is 47.7 Å². The lowest BCUT2D eigenvalue weighted by Crippen LogP contribution is -2.47. The van der Waals surface area contributed by atoms with Crippen molar-refractivity contribution in [2.45, 2.75) is 31.7 Å². The number of hydrogen-bond acceptors (Lipinski definition) is 10. The number of aromatic nitrogens is 6. The van der Waals surface area contributed by atoms with E-state index >= 15 is 0 Å². The molecule has 1 saturated heterocycles. The van der Waals surface area contributed by atoms with Gasteiger partial charge in [0.2, 0.25) is 5.95 Å². The Bertz CT molecular complexity index is 1630. The molecule has 2 N–H and O–H groups in total. The van der Waals surface area contributed by atoms with Crippen LogP contribution in [0.1, 0.15) is 34.0 Å². The Labute approximate surface area is 264 Å². The van der Waals surface area contributed by atoms with Gasteiger partial charge in [-0.05, 0) is 29.5 Å². The molecular weight excluding hydrogens is 566 g/mol. The molecule has 45 heavy (non-hydrogen) atoms. The molecule has 4 heterocycles. The van der Waals surface area contributed by atoms with Crippen molar-refractivity contribution in [2.24, 2.45) is 12.0 Å². The summed E-state index contributed by atoms with van der Waals surface area (Å²) in [5.74, 6) is 1.13. The SMILES string of the molecule is CN=CC(C=N)c1cccc(Cc2c3c(nn2C)CCc2cnc(Nc4ccn(CCN5CCN(CCOC)CC5)n4)nc2-3)c1. The van der Waals surface area contributed by atoms with E-state index in [-0.39, 0.29) is 5.92 Å². The van der Waals surface area contributed by atoms with Gasteiger partial charge >= 0.3 is 0 Å². The third kappa shape index (κ3) is 7.19. The summed E-state index contributed by atoms with van der Waals surface area (Å²) in [6, 6.07) is 10.4. The summed E-state index contributed by atoms with van der Waals surface area (Å²) in [7, 11) is 5.51. The van der Waals surface area contributed by atoms with Crippen molar-refractivity contribution in [3.8, 4) is 11.3 Å². The predicted octanol–water partition coefficient (Wildman–Crippen LogP) is 3.20. The summed E-state index contributed by atoms with van der Waals surface area (Å²) >= 11 is 0. The normalized spacial score (nSPS) is 16.1. The van der Waals surface area contributed by atoms with E-state index in [0.717, 1.165) is 110 Å². The molecule has 0 bridgehead atoms. The van der Waals surface area contributed by atoms with E-state index in [4.69, 9.17) is 25.3 Å². The number of aliphatic imine (C=N–C) groups is 1. The first-order valence-corrected chi connectivity index (χ1v) is 15.7. The van der Waals surface area contributed by atoms with Crippen LogP contribution in [-0.2, 0) is 37.6 Å². The number of piperazine rings is 1. The summed E-state index contributed by atoms with van der Waals surface area (Å²) in [6.45, 7) is 7.90. The number of hydrogen-bond donors (Lipinski definition) is 2. The van der Waals surface area contributed by atoms with Gasteiger partial charge in [-0.2, -0.15) is 10.2 Å². The highest BCUT2D eigenvalue weighted by Crippen LogP contribution is 2.36. The van der Waals surface area contributed by atoms with Gasteiger partial charge in [-0.25, -0.2) is 9.97 Å². The van der Waals surface area contributed by atoms with Crippen LogP contribution >= 0.6 is 0 Å². The van der Waals surface area contributed by atoms with Gasteiger partial charge in [0.05, 0.1) is 36.2 Å². The highest BCUT2D eigenvalue weighted by atomic mass is 16.5. The van der Waals surface area contributed by atoms with Crippen LogP contribution in [0.3, 0.4) is 0 Å². The zero-order valence-electron chi connectivity index (χ0n) is 26.5. The Morgan fingerprint density at radius 2 is 1.89 bits per heavy atom. The minimum atomic E-state index is -0.136. The third-order valence-corrected chi connectivity index (χ3v) is 8.77. The number of rotatable bonds is 13. The minimum absolute atomic E-state index is 0.136. The lowest BCUT2D eigenvalue weighted by atomic mass is 9.91. The smallest absolute Gasteiger partial charge is 0.228 e. The summed E-state index contributed by atoms with van der Waals surface area (Å²) in [4.78, 5) is 18.7. The molecule has 2 aliphatic rings. The fourth-order valence-corrected chi connectivity index (χ4v) is 6.25. The lowest BCUT2D eigenvalue weighted by molar-refractivity contribution is 0.0948. The van der Waals surface area contributed by atoms with Crippen molar-refractivity contribution in [1.29, 1.82) is 5.41 Å². The predicted molar refractivity (Wildman–Crippen MR) is 177 cm³/mol. The number of aryl methyl sites for hydroxylation is 3. The van der Waals surface area contributed by atoms with E-state index < -0.39 is 0 Å². The molecule has 1 fully saturated rings. The maximum absolute atomic E-state index is 7.83. The van der Waals surface area contributed by atoms with E-state index in [2.05, 4.69) is 43.3 Å². The van der Waals surface area contributed by atoms with Gasteiger partial charge < -0.3 is 15.5 Å². The summed E-state index contributed by atoms with van der Waals surface area (Å²) < 4.78 is 9.19. The van der Waals surface area contributed by atoms with Crippen molar-refractivity contribution in [1.82, 2.24) is 39.3 Å². The van der Waals surface area contributed by atoms with Gasteiger partial charge in [0.15, 0.2) is 5.82 Å². The summed E-state index contributed by atoms with van der Waals surface area (Å²) in [5, 5.41) is 20.8. The number of nitrogens with one attached hydrogen (secondary N) is 2. The fourth-order valence-electron chi connectivity index (χ4n) is 6.25. The van der Waals surface area contributed by atoms with Crippen molar-refractivity contribution in [3.05, 3.63) is 70.8 Å². The van der Waals surface area contributed by atoms with Crippen LogP contribution in [0.5, 0.6) is 0 Å². The first kappa shape index (κ1) is 30.8. The van der Waals surface area contributed by atoms with E-state index in [9.17, 15) is 0 Å². The molecule has 1 aliphatic carbocycles. The third-order valence-electron chi connectivity index (χ3n) is 8.77. The van der Waals surface area contributed by atoms with Gasteiger partial charge in [0.1, 0.15) is 0 Å². The van der Waals surface area contributed by atoms with Crippen LogP contribution in [-0.4, -0.2) is 112 Å². The Morgan fingerprint density at radius 1 is 1.07 bits per heavy atom. The van der Waals surface area contributed by atoms with E-state index in [1.165, 1.54) is 6.21 Å². The number of methoxy groups -OCH3 is 1. The molecular formula is C33H43N11O. The van der Waals surface area contributed by atoms with Gasteiger partial charge in [-0.15, -0.1) is 0 Å². The molecule has 4 aromatic rings. The largest absolute Gasteiger partial charge is 0.383 e. The number of fused-ring (bicyclic) bond motifs is 3. The zero-order valence-corrected chi connectivity index (χ0v) is 26.5. The van der Waals surface area contributed by atoms with E-state index in [1.54, 1.807) is 20.4 Å². The second kappa shape index (κ2) is 14.2. The van der Waals surface area contributed by atoms with E-state index in [1.807, 2.05) is 40.9 Å². The van der Waals surface area contributed by atoms with Gasteiger partial charge in [-0.1, -0.05) is 24.3 Å². The van der Waals surface area contributed by atoms with Crippen molar-refractivity contribution >= 4 is 24.2 Å². The molecule has 1 aliphatic heterocycles. The molecule has 236 valence electrons. The Morgan fingerprint density at radius 3 is 2.67 bits per heavy atom. The van der Waals surface area contributed by atoms with Crippen LogP contribution in [0.25, 0.3) is 11.3 Å². The quantitative estimate of drug-likeness (QED) is 0.222. The Kier molecular flexibility index (Phi) is 9.72. The first-order chi connectivity index (χ1) is 22.0. The van der Waals surface area contributed by atoms with Crippen LogP contribution in [0, 0.1) is 5.41 Å². The number of benzene rings is 1. The second-order valence-corrected chi connectivity index (χ2v) is 11.7. The molecule has 12 heteroatoms. The molecule has 6 rings (SSSR count). The molecule has 0 saturated carbocycles. The summed E-state index contributed by atoms with van der Waals surface area (Å²) in [6.07, 6.45) is 9.61. The van der Waals surface area contributed by atoms with Gasteiger partial charge in [-0.3, -0.25) is 24.2 Å². The van der Waals surface area contributed by atoms with Crippen molar-refractivity contribution < 1.29 is 4.74 Å². The average molecular weight is 610 g/mol. The lowest BCUT2D eigenvalue weighted by Gasteiger charge is -2.34. The number of nitrogens with zero attached hydrogens (tertiary/aromatic N) is 9. The van der Waals surface area contributed by atoms with Crippen molar-refractivity contribution in [2.75, 3.05) is 65.3 Å². The van der Waals surface area contributed by atoms with Gasteiger partial charge in [0.25, 0.3) is 0 Å². The standard InChI is InChI=1S/C33H43N11O/c1-35-22-27(21-34)25-6-4-5-24(19-25)20-29-31-28(39-41(29)2)8-7-26-23-36-33(38-32(26)31)37-30-9-10-44(40-30)16-15-42-11-13-43(14-12-42)17-18-45-3/h4-6,9-10,19,21-23,27,34H,7-8,11-18,20H2,1-3H3,(H,36,37,38,40). The average Bonchev–Trinajstić information content (AvgIpc) is 3.65. The van der Waals surface area contributed by atoms with Crippen LogP contribution in [0.2, 0.25) is 0 Å². The zero-order chi connectivity index (χ0) is 31.2. The van der Waals surface area contributed by atoms with Crippen LogP contribution < -0.4 is 5.32 Å². The molecule has 1 aromatic carbocycles. The fraction of sp³-hybridized carbons (Fsp3) is 0.455.